The molecule has 2 aliphatic rings. The summed E-state index contributed by atoms with van der Waals surface area (Å²) in [5.41, 5.74) is 3.22. The highest BCUT2D eigenvalue weighted by atomic mass is 32.1. The van der Waals surface area contributed by atoms with Crippen LogP contribution in [0.4, 0.5) is 0 Å². The Labute approximate surface area is 210 Å². The highest BCUT2D eigenvalue weighted by Crippen LogP contribution is 2.39. The minimum absolute atomic E-state index is 0.112. The molecule has 4 heterocycles. The fraction of sp³-hybridized carbons (Fsp3) is 0.346. The molecule has 35 heavy (non-hydrogen) atoms. The predicted molar refractivity (Wildman–Crippen MR) is 137 cm³/mol. The Morgan fingerprint density at radius 3 is 2.69 bits per heavy atom. The van der Waals surface area contributed by atoms with Crippen LogP contribution in [0.25, 0.3) is 5.69 Å². The van der Waals surface area contributed by atoms with Crippen LogP contribution < -0.4 is 5.32 Å². The molecule has 5 rings (SSSR count). The van der Waals surface area contributed by atoms with Crippen molar-refractivity contribution in [3.05, 3.63) is 83.9 Å². The van der Waals surface area contributed by atoms with Crippen LogP contribution in [0.3, 0.4) is 0 Å². The minimum atomic E-state index is -0.370. The lowest BCUT2D eigenvalue weighted by molar-refractivity contribution is 0.0349. The van der Waals surface area contributed by atoms with E-state index in [0.717, 1.165) is 56.5 Å². The molecule has 2 fully saturated rings. The molecule has 8 nitrogen and oxygen atoms in total. The van der Waals surface area contributed by atoms with Gasteiger partial charge in [-0.05, 0) is 48.6 Å². The third-order valence-electron chi connectivity index (χ3n) is 6.61. The van der Waals surface area contributed by atoms with Gasteiger partial charge in [-0.3, -0.25) is 9.88 Å². The molecule has 2 aliphatic heterocycles. The van der Waals surface area contributed by atoms with Gasteiger partial charge in [-0.2, -0.15) is 0 Å². The summed E-state index contributed by atoms with van der Waals surface area (Å²) in [6, 6.07) is 17.3. The molecule has 0 bridgehead atoms. The van der Waals surface area contributed by atoms with E-state index in [1.165, 1.54) is 7.11 Å². The topological polar surface area (TPSA) is 71.9 Å². The zero-order valence-corrected chi connectivity index (χ0v) is 20.5. The lowest BCUT2D eigenvalue weighted by Gasteiger charge is -2.32. The van der Waals surface area contributed by atoms with Gasteiger partial charge in [0.05, 0.1) is 49.4 Å². The number of carbonyl (C=O) groups excluding carboxylic acids is 1. The SMILES string of the molecule is COC(=O)c1ccccc1-n1cccc1[C@@H]1[C@@H](c2ccccn2)NC(=S)N1CCN1CCOCC1. The molecule has 0 aliphatic carbocycles. The van der Waals surface area contributed by atoms with Crippen LogP contribution in [0.2, 0.25) is 0 Å². The quantitative estimate of drug-likeness (QED) is 0.400. The van der Waals surface area contributed by atoms with Crippen LogP contribution in [0.15, 0.2) is 67.0 Å². The van der Waals surface area contributed by atoms with Crippen molar-refractivity contribution < 1.29 is 14.3 Å². The van der Waals surface area contributed by atoms with Crippen LogP contribution in [-0.4, -0.2) is 76.9 Å². The van der Waals surface area contributed by atoms with Crippen molar-refractivity contribution in [2.24, 2.45) is 0 Å². The molecular weight excluding hydrogens is 462 g/mol. The molecular formula is C26H29N5O3S. The summed E-state index contributed by atoms with van der Waals surface area (Å²) in [4.78, 5) is 21.8. The molecule has 0 radical (unpaired) electrons. The molecule has 0 unspecified atom stereocenters. The molecule has 9 heteroatoms. The summed E-state index contributed by atoms with van der Waals surface area (Å²) < 4.78 is 12.6. The number of methoxy groups -OCH3 is 1. The van der Waals surface area contributed by atoms with Gasteiger partial charge in [0.1, 0.15) is 0 Å². The van der Waals surface area contributed by atoms with Crippen LogP contribution in [0, 0.1) is 0 Å². The number of thiocarbonyl (C=S) groups is 1. The van der Waals surface area contributed by atoms with Gasteiger partial charge in [0.15, 0.2) is 5.11 Å². The van der Waals surface area contributed by atoms with Gasteiger partial charge in [0, 0.05) is 44.3 Å². The summed E-state index contributed by atoms with van der Waals surface area (Å²) in [7, 11) is 1.40. The van der Waals surface area contributed by atoms with Crippen molar-refractivity contribution in [3.63, 3.8) is 0 Å². The van der Waals surface area contributed by atoms with Crippen molar-refractivity contribution in [1.29, 1.82) is 0 Å². The number of pyridine rings is 1. The first-order valence-electron chi connectivity index (χ1n) is 11.8. The molecule has 1 aromatic carbocycles. The first-order chi connectivity index (χ1) is 17.2. The second kappa shape index (κ2) is 10.6. The maximum Gasteiger partial charge on any atom is 0.339 e. The molecule has 0 saturated carbocycles. The second-order valence-electron chi connectivity index (χ2n) is 8.59. The normalized spacial score (nSPS) is 20.6. The van der Waals surface area contributed by atoms with Crippen molar-refractivity contribution in [2.75, 3.05) is 46.5 Å². The van der Waals surface area contributed by atoms with E-state index in [1.54, 1.807) is 12.3 Å². The fourth-order valence-electron chi connectivity index (χ4n) is 4.86. The van der Waals surface area contributed by atoms with Crippen molar-refractivity contribution in [1.82, 2.24) is 24.7 Å². The molecule has 2 atom stereocenters. The van der Waals surface area contributed by atoms with E-state index < -0.39 is 0 Å². The van der Waals surface area contributed by atoms with Crippen LogP contribution in [-0.2, 0) is 9.47 Å². The Kier molecular flexibility index (Phi) is 7.08. The standard InChI is InChI=1S/C26H29N5O3S/c1-33-25(32)19-7-2-3-9-21(19)30-12-6-10-22(30)24-23(20-8-4-5-11-27-20)28-26(35)31(24)14-13-29-15-17-34-18-16-29/h2-12,23-24H,13-18H2,1H3,(H,28,35)/t23-,24-/m1/s1. The molecule has 1 N–H and O–H groups in total. The van der Waals surface area contributed by atoms with Gasteiger partial charge in [-0.1, -0.05) is 18.2 Å². The van der Waals surface area contributed by atoms with Gasteiger partial charge in [-0.25, -0.2) is 4.79 Å². The molecule has 182 valence electrons. The Hall–Kier alpha value is -3.27. The number of para-hydroxylation sites is 1. The zero-order valence-electron chi connectivity index (χ0n) is 19.7. The summed E-state index contributed by atoms with van der Waals surface area (Å²) in [5.74, 6) is -0.370. The number of rotatable bonds is 7. The van der Waals surface area contributed by atoms with E-state index in [2.05, 4.69) is 30.7 Å². The van der Waals surface area contributed by atoms with E-state index in [9.17, 15) is 4.79 Å². The average molecular weight is 492 g/mol. The number of nitrogens with one attached hydrogen (secondary N) is 1. The molecule has 0 spiro atoms. The van der Waals surface area contributed by atoms with Gasteiger partial charge < -0.3 is 24.3 Å². The maximum absolute atomic E-state index is 12.5. The maximum atomic E-state index is 12.5. The predicted octanol–water partition coefficient (Wildman–Crippen LogP) is 2.96. The zero-order chi connectivity index (χ0) is 24.2. The van der Waals surface area contributed by atoms with E-state index in [-0.39, 0.29) is 18.1 Å². The Morgan fingerprint density at radius 2 is 1.91 bits per heavy atom. The van der Waals surface area contributed by atoms with Gasteiger partial charge in [-0.15, -0.1) is 0 Å². The van der Waals surface area contributed by atoms with Crippen molar-refractivity contribution in [2.45, 2.75) is 12.1 Å². The number of hydrogen-bond acceptors (Lipinski definition) is 6. The largest absolute Gasteiger partial charge is 0.465 e. The Morgan fingerprint density at radius 1 is 1.11 bits per heavy atom. The van der Waals surface area contributed by atoms with Gasteiger partial charge in [0.2, 0.25) is 0 Å². The summed E-state index contributed by atoms with van der Waals surface area (Å²) in [6.07, 6.45) is 3.78. The highest BCUT2D eigenvalue weighted by molar-refractivity contribution is 7.80. The van der Waals surface area contributed by atoms with Crippen LogP contribution >= 0.6 is 12.2 Å². The Bertz CT molecular complexity index is 1180. The smallest absolute Gasteiger partial charge is 0.339 e. The summed E-state index contributed by atoms with van der Waals surface area (Å²) >= 11 is 5.84. The van der Waals surface area contributed by atoms with E-state index in [4.69, 9.17) is 21.7 Å². The summed E-state index contributed by atoms with van der Waals surface area (Å²) in [5, 5.41) is 4.22. The monoisotopic (exact) mass is 491 g/mol. The molecule has 0 amide bonds. The summed E-state index contributed by atoms with van der Waals surface area (Å²) in [6.45, 7) is 5.02. The number of nitrogens with zero attached hydrogens (tertiary/aromatic N) is 4. The lowest BCUT2D eigenvalue weighted by Crippen LogP contribution is -2.42. The first kappa shape index (κ1) is 23.5. The highest BCUT2D eigenvalue weighted by Gasteiger charge is 2.41. The number of carbonyl (C=O) groups is 1. The van der Waals surface area contributed by atoms with Crippen LogP contribution in [0.1, 0.15) is 33.8 Å². The van der Waals surface area contributed by atoms with Crippen molar-refractivity contribution in [3.8, 4) is 5.69 Å². The van der Waals surface area contributed by atoms with E-state index in [0.29, 0.717) is 10.7 Å². The van der Waals surface area contributed by atoms with Crippen LogP contribution in [0.5, 0.6) is 0 Å². The third kappa shape index (κ3) is 4.80. The number of morpholine rings is 1. The Balaban J connectivity index is 1.54. The average Bonchev–Trinajstić information content (AvgIpc) is 3.52. The second-order valence-corrected chi connectivity index (χ2v) is 8.97. The number of ether oxygens (including phenoxy) is 2. The lowest BCUT2D eigenvalue weighted by atomic mass is 10.0. The number of benzene rings is 1. The van der Waals surface area contributed by atoms with E-state index >= 15 is 0 Å². The number of aromatic nitrogens is 2. The molecule has 2 saturated heterocycles. The number of esters is 1. The van der Waals surface area contributed by atoms with E-state index in [1.807, 2.05) is 48.7 Å². The van der Waals surface area contributed by atoms with Crippen molar-refractivity contribution >= 4 is 23.3 Å². The third-order valence-corrected chi connectivity index (χ3v) is 6.96. The van der Waals surface area contributed by atoms with Gasteiger partial charge in [0.25, 0.3) is 0 Å². The van der Waals surface area contributed by atoms with Gasteiger partial charge >= 0.3 is 5.97 Å². The minimum Gasteiger partial charge on any atom is -0.465 e. The first-order valence-corrected chi connectivity index (χ1v) is 12.2. The molecule has 3 aromatic rings. The number of hydrogen-bond donors (Lipinski definition) is 1. The molecule has 2 aromatic heterocycles. The fourth-order valence-corrected chi connectivity index (χ4v) is 5.19.